The number of nitrogens with zero attached hydrogens (tertiary/aromatic N) is 3. The molecule has 2 amide bonds. The van der Waals surface area contributed by atoms with E-state index in [4.69, 9.17) is 0 Å². The van der Waals surface area contributed by atoms with Gasteiger partial charge >= 0.3 is 0 Å². The van der Waals surface area contributed by atoms with Gasteiger partial charge in [-0.05, 0) is 71.0 Å². The summed E-state index contributed by atoms with van der Waals surface area (Å²) < 4.78 is 1.86. The number of carbonyl (C=O) groups excluding carboxylic acids is 2. The van der Waals surface area contributed by atoms with Crippen LogP contribution in [0, 0.1) is 6.92 Å². The van der Waals surface area contributed by atoms with Crippen molar-refractivity contribution < 1.29 is 9.59 Å². The fourth-order valence-corrected chi connectivity index (χ4v) is 3.19. The molecule has 0 bridgehead atoms. The van der Waals surface area contributed by atoms with Crippen LogP contribution < -0.4 is 16.0 Å². The minimum atomic E-state index is -0.299. The molecular formula is C19H27ClN6O2. The van der Waals surface area contributed by atoms with Gasteiger partial charge in [-0.3, -0.25) is 9.59 Å². The number of carbonyl (C=O) groups is 2. The van der Waals surface area contributed by atoms with E-state index in [0.717, 1.165) is 31.6 Å². The standard InChI is InChI=1S/C19H26N6O2.ClH/c1-12(2)21-18(26)14-4-6-15(7-5-14)22-19(27)17-13(3)25(24-23-17)16-8-10-20-11-9-16;/h4-7,12,16,20H,8-11H2,1-3H3,(H,21,26)(H,22,27);1H. The molecule has 152 valence electrons. The molecule has 1 aliphatic heterocycles. The molecule has 8 nitrogen and oxygen atoms in total. The van der Waals surface area contributed by atoms with Gasteiger partial charge < -0.3 is 16.0 Å². The van der Waals surface area contributed by atoms with E-state index in [1.165, 1.54) is 0 Å². The molecule has 3 rings (SSSR count). The highest BCUT2D eigenvalue weighted by Crippen LogP contribution is 2.21. The Bertz CT molecular complexity index is 812. The summed E-state index contributed by atoms with van der Waals surface area (Å²) in [6.07, 6.45) is 1.95. The van der Waals surface area contributed by atoms with E-state index in [1.807, 2.05) is 25.5 Å². The summed E-state index contributed by atoms with van der Waals surface area (Å²) in [5, 5.41) is 17.3. The normalized spacial score (nSPS) is 14.4. The van der Waals surface area contributed by atoms with Crippen molar-refractivity contribution in [3.05, 3.63) is 41.2 Å². The molecule has 3 N–H and O–H groups in total. The van der Waals surface area contributed by atoms with Crippen LogP contribution in [0.15, 0.2) is 24.3 Å². The van der Waals surface area contributed by atoms with E-state index < -0.39 is 0 Å². The van der Waals surface area contributed by atoms with Crippen molar-refractivity contribution in [1.29, 1.82) is 0 Å². The van der Waals surface area contributed by atoms with Gasteiger partial charge in [0.2, 0.25) is 0 Å². The Morgan fingerprint density at radius 3 is 2.39 bits per heavy atom. The van der Waals surface area contributed by atoms with Gasteiger partial charge in [0.1, 0.15) is 0 Å². The van der Waals surface area contributed by atoms with Crippen molar-refractivity contribution in [2.75, 3.05) is 18.4 Å². The second kappa shape index (κ2) is 9.66. The molecule has 1 aliphatic rings. The number of aromatic nitrogens is 3. The third-order valence-electron chi connectivity index (χ3n) is 4.62. The van der Waals surface area contributed by atoms with Gasteiger partial charge in [-0.2, -0.15) is 0 Å². The summed E-state index contributed by atoms with van der Waals surface area (Å²) in [7, 11) is 0. The summed E-state index contributed by atoms with van der Waals surface area (Å²) in [5.74, 6) is -0.435. The van der Waals surface area contributed by atoms with Gasteiger partial charge in [0.25, 0.3) is 11.8 Å². The van der Waals surface area contributed by atoms with E-state index in [1.54, 1.807) is 24.3 Å². The molecule has 9 heteroatoms. The SMILES string of the molecule is Cc1c(C(=O)Nc2ccc(C(=O)NC(C)C)cc2)nnn1C1CCNCC1.Cl. The fraction of sp³-hybridized carbons (Fsp3) is 0.474. The summed E-state index contributed by atoms with van der Waals surface area (Å²) in [4.78, 5) is 24.6. The highest BCUT2D eigenvalue weighted by Gasteiger charge is 2.23. The van der Waals surface area contributed by atoms with E-state index >= 15 is 0 Å². The van der Waals surface area contributed by atoms with Crippen LogP contribution in [0.3, 0.4) is 0 Å². The van der Waals surface area contributed by atoms with Crippen LogP contribution in [0.4, 0.5) is 5.69 Å². The molecule has 28 heavy (non-hydrogen) atoms. The van der Waals surface area contributed by atoms with Gasteiger partial charge in [-0.25, -0.2) is 4.68 Å². The van der Waals surface area contributed by atoms with Crippen LogP contribution in [0.1, 0.15) is 59.3 Å². The maximum atomic E-state index is 12.6. The lowest BCUT2D eigenvalue weighted by molar-refractivity contribution is 0.0942. The zero-order chi connectivity index (χ0) is 19.4. The number of piperidine rings is 1. The van der Waals surface area contributed by atoms with Gasteiger partial charge in [0.15, 0.2) is 5.69 Å². The lowest BCUT2D eigenvalue weighted by atomic mass is 10.1. The maximum absolute atomic E-state index is 12.6. The molecule has 2 heterocycles. The van der Waals surface area contributed by atoms with Crippen LogP contribution >= 0.6 is 12.4 Å². The maximum Gasteiger partial charge on any atom is 0.278 e. The first-order valence-electron chi connectivity index (χ1n) is 9.30. The molecule has 0 unspecified atom stereocenters. The number of nitrogens with one attached hydrogen (secondary N) is 3. The Hall–Kier alpha value is -2.45. The second-order valence-electron chi connectivity index (χ2n) is 7.11. The lowest BCUT2D eigenvalue weighted by Gasteiger charge is -2.23. The molecule has 0 radical (unpaired) electrons. The summed E-state index contributed by atoms with van der Waals surface area (Å²) in [6.45, 7) is 7.58. The highest BCUT2D eigenvalue weighted by molar-refractivity contribution is 6.03. The van der Waals surface area contributed by atoms with Crippen LogP contribution in [0.5, 0.6) is 0 Å². The molecule has 0 atom stereocenters. The number of anilines is 1. The number of benzene rings is 1. The molecule has 1 saturated heterocycles. The molecule has 0 spiro atoms. The first kappa shape index (κ1) is 21.8. The molecule has 0 saturated carbocycles. The average molecular weight is 407 g/mol. The van der Waals surface area contributed by atoms with Crippen molar-refractivity contribution >= 4 is 29.9 Å². The molecule has 1 fully saturated rings. The molecule has 1 aromatic heterocycles. The number of hydrogen-bond donors (Lipinski definition) is 3. The minimum absolute atomic E-state index is 0. The summed E-state index contributed by atoms with van der Waals surface area (Å²) in [5.41, 5.74) is 2.26. The van der Waals surface area contributed by atoms with Crippen molar-refractivity contribution in [2.24, 2.45) is 0 Å². The Kier molecular flexibility index (Phi) is 7.53. The first-order valence-corrected chi connectivity index (χ1v) is 9.30. The van der Waals surface area contributed by atoms with Crippen LogP contribution in [-0.4, -0.2) is 45.9 Å². The monoisotopic (exact) mass is 406 g/mol. The van der Waals surface area contributed by atoms with Crippen molar-refractivity contribution in [3.63, 3.8) is 0 Å². The van der Waals surface area contributed by atoms with Gasteiger partial charge in [0, 0.05) is 17.3 Å². The van der Waals surface area contributed by atoms with Crippen LogP contribution in [0.2, 0.25) is 0 Å². The van der Waals surface area contributed by atoms with Crippen LogP contribution in [0.25, 0.3) is 0 Å². The zero-order valence-corrected chi connectivity index (χ0v) is 17.2. The minimum Gasteiger partial charge on any atom is -0.350 e. The zero-order valence-electron chi connectivity index (χ0n) is 16.4. The fourth-order valence-electron chi connectivity index (χ4n) is 3.19. The number of amides is 2. The third kappa shape index (κ3) is 5.08. The first-order chi connectivity index (χ1) is 13.0. The molecular weight excluding hydrogens is 380 g/mol. The highest BCUT2D eigenvalue weighted by atomic mass is 35.5. The van der Waals surface area contributed by atoms with Gasteiger partial charge in [-0.1, -0.05) is 5.21 Å². The average Bonchev–Trinajstić information content (AvgIpc) is 3.04. The molecule has 2 aromatic rings. The number of rotatable bonds is 5. The smallest absolute Gasteiger partial charge is 0.278 e. The van der Waals surface area contributed by atoms with Crippen molar-refractivity contribution in [3.8, 4) is 0 Å². The predicted molar refractivity (Wildman–Crippen MR) is 110 cm³/mol. The Morgan fingerprint density at radius 2 is 1.79 bits per heavy atom. The van der Waals surface area contributed by atoms with E-state index in [2.05, 4.69) is 26.3 Å². The predicted octanol–water partition coefficient (Wildman–Crippen LogP) is 2.32. The van der Waals surface area contributed by atoms with Crippen molar-refractivity contribution in [1.82, 2.24) is 25.6 Å². The Balaban J connectivity index is 0.00000280. The summed E-state index contributed by atoms with van der Waals surface area (Å²) >= 11 is 0. The van der Waals surface area contributed by atoms with E-state index in [9.17, 15) is 9.59 Å². The van der Waals surface area contributed by atoms with Gasteiger partial charge in [0.05, 0.1) is 11.7 Å². The molecule has 1 aromatic carbocycles. The third-order valence-corrected chi connectivity index (χ3v) is 4.62. The molecule has 0 aliphatic carbocycles. The van der Waals surface area contributed by atoms with Crippen molar-refractivity contribution in [2.45, 2.75) is 45.7 Å². The summed E-state index contributed by atoms with van der Waals surface area (Å²) in [6, 6.07) is 7.14. The van der Waals surface area contributed by atoms with E-state index in [0.29, 0.717) is 16.9 Å². The quantitative estimate of drug-likeness (QED) is 0.707. The second-order valence-corrected chi connectivity index (χ2v) is 7.11. The number of hydrogen-bond acceptors (Lipinski definition) is 5. The lowest BCUT2D eigenvalue weighted by Crippen LogP contribution is -2.30. The Labute approximate surface area is 170 Å². The Morgan fingerprint density at radius 1 is 1.14 bits per heavy atom. The largest absolute Gasteiger partial charge is 0.350 e. The van der Waals surface area contributed by atoms with Crippen LogP contribution in [-0.2, 0) is 0 Å². The topological polar surface area (TPSA) is 101 Å². The van der Waals surface area contributed by atoms with Gasteiger partial charge in [-0.15, -0.1) is 17.5 Å². The van der Waals surface area contributed by atoms with E-state index in [-0.39, 0.29) is 36.3 Å². The number of halogens is 1.